The zero-order chi connectivity index (χ0) is 18.2. The van der Waals surface area contributed by atoms with Crippen LogP contribution in [-0.4, -0.2) is 45.1 Å². The van der Waals surface area contributed by atoms with Crippen LogP contribution in [0.2, 0.25) is 0 Å². The molecule has 0 aliphatic carbocycles. The number of benzene rings is 1. The van der Waals surface area contributed by atoms with Crippen molar-refractivity contribution in [3.8, 4) is 0 Å². The van der Waals surface area contributed by atoms with Crippen molar-refractivity contribution in [3.63, 3.8) is 0 Å². The Morgan fingerprint density at radius 3 is 2.28 bits per heavy atom. The topological polar surface area (TPSA) is 118 Å². The van der Waals surface area contributed by atoms with Gasteiger partial charge < -0.3 is 16.4 Å². The Kier molecular flexibility index (Phi) is 10.3. The summed E-state index contributed by atoms with van der Waals surface area (Å²) in [6.45, 7) is 3.39. The fourth-order valence-electron chi connectivity index (χ4n) is 1.90. The molecule has 9 heteroatoms. The van der Waals surface area contributed by atoms with Gasteiger partial charge in [-0.25, -0.2) is 8.42 Å². The van der Waals surface area contributed by atoms with E-state index in [0.29, 0.717) is 5.56 Å². The van der Waals surface area contributed by atoms with Crippen LogP contribution in [0.15, 0.2) is 30.3 Å². The van der Waals surface area contributed by atoms with Crippen LogP contribution in [0.25, 0.3) is 0 Å². The van der Waals surface area contributed by atoms with Crippen LogP contribution in [-0.2, 0) is 25.2 Å². The summed E-state index contributed by atoms with van der Waals surface area (Å²) >= 11 is 0. The first-order chi connectivity index (χ1) is 11.2. The molecule has 1 rings (SSSR count). The summed E-state index contributed by atoms with van der Waals surface area (Å²) in [6.07, 6.45) is 0. The zero-order valence-electron chi connectivity index (χ0n) is 14.4. The van der Waals surface area contributed by atoms with Crippen LogP contribution in [0.4, 0.5) is 0 Å². The number of carbonyl (C=O) groups excluding carboxylic acids is 2. The summed E-state index contributed by atoms with van der Waals surface area (Å²) in [5, 5.41) is 4.90. The highest BCUT2D eigenvalue weighted by Gasteiger charge is 2.18. The van der Waals surface area contributed by atoms with Gasteiger partial charge >= 0.3 is 0 Å². The Labute approximate surface area is 155 Å². The molecule has 0 aliphatic heterocycles. The lowest BCUT2D eigenvalue weighted by Gasteiger charge is -2.15. The molecule has 0 saturated heterocycles. The van der Waals surface area contributed by atoms with Crippen molar-refractivity contribution in [2.45, 2.75) is 25.6 Å². The molecule has 0 radical (unpaired) electrons. The van der Waals surface area contributed by atoms with Crippen molar-refractivity contribution in [1.29, 1.82) is 0 Å². The highest BCUT2D eigenvalue weighted by molar-refractivity contribution is 7.90. The first-order valence-corrected chi connectivity index (χ1v) is 9.58. The molecule has 1 atom stereocenters. The van der Waals surface area contributed by atoms with Gasteiger partial charge in [0.05, 0.1) is 24.1 Å². The number of hydrogen-bond acceptors (Lipinski definition) is 5. The molecule has 4 N–H and O–H groups in total. The number of nitrogens with two attached hydrogens (primary N) is 1. The highest BCUT2D eigenvalue weighted by atomic mass is 35.5. The second kappa shape index (κ2) is 11.1. The van der Waals surface area contributed by atoms with Crippen molar-refractivity contribution in [2.75, 3.05) is 18.8 Å². The van der Waals surface area contributed by atoms with Gasteiger partial charge in [-0.15, -0.1) is 12.4 Å². The molecule has 0 heterocycles. The summed E-state index contributed by atoms with van der Waals surface area (Å²) < 4.78 is 23.9. The minimum Gasteiger partial charge on any atom is -0.354 e. The van der Waals surface area contributed by atoms with Crippen molar-refractivity contribution in [1.82, 2.24) is 10.6 Å². The summed E-state index contributed by atoms with van der Waals surface area (Å²) in [5.41, 5.74) is 6.36. The normalized spacial score (nSPS) is 12.2. The fourth-order valence-corrected chi connectivity index (χ4v) is 3.15. The van der Waals surface area contributed by atoms with E-state index in [0.717, 1.165) is 0 Å². The van der Waals surface area contributed by atoms with Crippen molar-refractivity contribution >= 4 is 34.1 Å². The summed E-state index contributed by atoms with van der Waals surface area (Å²) in [6, 6.07) is 8.17. The number of amides is 2. The van der Waals surface area contributed by atoms with E-state index in [2.05, 4.69) is 10.6 Å². The van der Waals surface area contributed by atoms with Crippen molar-refractivity contribution in [3.05, 3.63) is 35.9 Å². The van der Waals surface area contributed by atoms with Gasteiger partial charge in [0.25, 0.3) is 0 Å². The molecule has 7 nitrogen and oxygen atoms in total. The lowest BCUT2D eigenvalue weighted by Crippen LogP contribution is -2.47. The van der Waals surface area contributed by atoms with Crippen LogP contribution in [0.3, 0.4) is 0 Å². The predicted molar refractivity (Wildman–Crippen MR) is 100 cm³/mol. The second-order valence-corrected chi connectivity index (χ2v) is 8.10. The van der Waals surface area contributed by atoms with Gasteiger partial charge in [0, 0.05) is 6.54 Å². The Balaban J connectivity index is 0.00000576. The molecule has 0 spiro atoms. The van der Waals surface area contributed by atoms with E-state index in [1.165, 1.54) is 0 Å². The number of halogens is 1. The number of nitrogens with one attached hydrogen (secondary N) is 2. The van der Waals surface area contributed by atoms with Crippen LogP contribution in [0, 0.1) is 5.92 Å². The van der Waals surface area contributed by atoms with Gasteiger partial charge in [-0.1, -0.05) is 44.2 Å². The van der Waals surface area contributed by atoms with Crippen LogP contribution in [0.1, 0.15) is 19.4 Å². The molecule has 1 aromatic carbocycles. The third-order valence-electron chi connectivity index (χ3n) is 3.41. The van der Waals surface area contributed by atoms with E-state index < -0.39 is 27.7 Å². The van der Waals surface area contributed by atoms with Gasteiger partial charge in [0.1, 0.15) is 0 Å². The summed E-state index contributed by atoms with van der Waals surface area (Å²) in [5.74, 6) is -1.11. The molecule has 0 aromatic heterocycles. The standard InChI is InChI=1S/C16H25N3O4S.ClH/c1-12(2)15(17)16(21)19-10-14(20)18-8-9-24(22,23)11-13-6-4-3-5-7-13;/h3-7,12,15H,8-11,17H2,1-2H3,(H,18,20)(H,19,21);1H/t15-;/m0./s1. The zero-order valence-corrected chi connectivity index (χ0v) is 16.0. The fraction of sp³-hybridized carbons (Fsp3) is 0.500. The Morgan fingerprint density at radius 2 is 1.72 bits per heavy atom. The third kappa shape index (κ3) is 9.42. The Hall–Kier alpha value is -1.64. The first-order valence-electron chi connectivity index (χ1n) is 7.75. The average molecular weight is 392 g/mol. The summed E-state index contributed by atoms with van der Waals surface area (Å²) in [7, 11) is -3.31. The maximum atomic E-state index is 12.0. The quantitative estimate of drug-likeness (QED) is 0.557. The number of hydrogen-bond donors (Lipinski definition) is 3. The Bertz CT molecular complexity index is 651. The maximum absolute atomic E-state index is 12.0. The van der Waals surface area contributed by atoms with E-state index in [4.69, 9.17) is 5.73 Å². The first kappa shape index (κ1) is 23.4. The van der Waals surface area contributed by atoms with E-state index in [1.807, 2.05) is 19.9 Å². The number of sulfone groups is 1. The molecule has 25 heavy (non-hydrogen) atoms. The van der Waals surface area contributed by atoms with Crippen LogP contribution in [0.5, 0.6) is 0 Å². The molecule has 0 saturated carbocycles. The molecule has 0 bridgehead atoms. The third-order valence-corrected chi connectivity index (χ3v) is 5.01. The highest BCUT2D eigenvalue weighted by Crippen LogP contribution is 2.05. The molecular formula is C16H26ClN3O4S. The van der Waals surface area contributed by atoms with Gasteiger partial charge in [-0.05, 0) is 11.5 Å². The van der Waals surface area contributed by atoms with Gasteiger partial charge in [0.15, 0.2) is 9.84 Å². The lowest BCUT2D eigenvalue weighted by molar-refractivity contribution is -0.127. The molecule has 0 aliphatic rings. The number of carbonyl (C=O) groups is 2. The van der Waals surface area contributed by atoms with Crippen molar-refractivity contribution < 1.29 is 18.0 Å². The molecule has 2 amide bonds. The van der Waals surface area contributed by atoms with E-state index in [1.54, 1.807) is 24.3 Å². The monoisotopic (exact) mass is 391 g/mol. The smallest absolute Gasteiger partial charge is 0.239 e. The minimum atomic E-state index is -3.31. The SMILES string of the molecule is CC(C)[C@H](N)C(=O)NCC(=O)NCCS(=O)(=O)Cc1ccccc1.Cl. The van der Waals surface area contributed by atoms with Gasteiger partial charge in [-0.2, -0.15) is 0 Å². The molecule has 1 aromatic rings. The summed E-state index contributed by atoms with van der Waals surface area (Å²) in [4.78, 5) is 23.2. The van der Waals surface area contributed by atoms with Crippen molar-refractivity contribution in [2.24, 2.45) is 11.7 Å². The lowest BCUT2D eigenvalue weighted by atomic mass is 10.1. The van der Waals surface area contributed by atoms with E-state index in [-0.39, 0.29) is 42.9 Å². The second-order valence-electron chi connectivity index (χ2n) is 5.92. The molecule has 0 fully saturated rings. The number of rotatable bonds is 9. The molecule has 142 valence electrons. The molecule has 0 unspecified atom stereocenters. The van der Waals surface area contributed by atoms with Gasteiger partial charge in [-0.3, -0.25) is 9.59 Å². The van der Waals surface area contributed by atoms with E-state index >= 15 is 0 Å². The van der Waals surface area contributed by atoms with Gasteiger partial charge in [0.2, 0.25) is 11.8 Å². The van der Waals surface area contributed by atoms with Crippen LogP contribution < -0.4 is 16.4 Å². The minimum absolute atomic E-state index is 0. The predicted octanol–water partition coefficient (Wildman–Crippen LogP) is 0.239. The van der Waals surface area contributed by atoms with Crippen LogP contribution >= 0.6 is 12.4 Å². The van der Waals surface area contributed by atoms with E-state index in [9.17, 15) is 18.0 Å². The Morgan fingerprint density at radius 1 is 1.12 bits per heavy atom. The largest absolute Gasteiger partial charge is 0.354 e. The molecular weight excluding hydrogens is 366 g/mol. The maximum Gasteiger partial charge on any atom is 0.239 e. The average Bonchev–Trinajstić information content (AvgIpc) is 2.52.